The molecule has 4 aromatic heterocycles. The van der Waals surface area contributed by atoms with Gasteiger partial charge in [-0.15, -0.1) is 11.3 Å². The molecule has 2 fully saturated rings. The SMILES string of the molecule is CC.Cc1cc(Nc2cc3nc(-c4ccnc(N5CCOCC5)c4)sc3cn2)nc(N2CCN(CCO)CC2)n1. The Hall–Kier alpha value is -3.45. The summed E-state index contributed by atoms with van der Waals surface area (Å²) < 4.78 is 6.50. The summed E-state index contributed by atoms with van der Waals surface area (Å²) >= 11 is 1.62. The van der Waals surface area contributed by atoms with E-state index in [0.29, 0.717) is 24.1 Å². The van der Waals surface area contributed by atoms with Crippen molar-refractivity contribution in [2.75, 3.05) is 80.8 Å². The van der Waals surface area contributed by atoms with Crippen LogP contribution >= 0.6 is 11.3 Å². The van der Waals surface area contributed by atoms with Gasteiger partial charge in [0.05, 0.1) is 30.0 Å². The maximum Gasteiger partial charge on any atom is 0.227 e. The highest BCUT2D eigenvalue weighted by Crippen LogP contribution is 2.32. The molecule has 2 aliphatic rings. The first kappa shape index (κ1) is 28.1. The van der Waals surface area contributed by atoms with E-state index in [1.165, 1.54) is 0 Å². The highest BCUT2D eigenvalue weighted by molar-refractivity contribution is 7.21. The lowest BCUT2D eigenvalue weighted by molar-refractivity contribution is 0.122. The van der Waals surface area contributed by atoms with Gasteiger partial charge in [0.2, 0.25) is 5.95 Å². The van der Waals surface area contributed by atoms with Gasteiger partial charge >= 0.3 is 0 Å². The third-order valence-corrected chi connectivity index (χ3v) is 7.83. The summed E-state index contributed by atoms with van der Waals surface area (Å²) in [5.74, 6) is 3.06. The monoisotopic (exact) mass is 563 g/mol. The number of piperazine rings is 1. The molecule has 11 nitrogen and oxygen atoms in total. The molecule has 0 amide bonds. The van der Waals surface area contributed by atoms with Gasteiger partial charge in [-0.25, -0.2) is 19.9 Å². The Morgan fingerprint density at radius 1 is 0.925 bits per heavy atom. The topological polar surface area (TPSA) is 116 Å². The lowest BCUT2D eigenvalue weighted by Gasteiger charge is -2.34. The molecule has 0 atom stereocenters. The van der Waals surface area contributed by atoms with Crippen LogP contribution in [0.3, 0.4) is 0 Å². The molecule has 0 bridgehead atoms. The Bertz CT molecular complexity index is 1400. The molecule has 6 heterocycles. The van der Waals surface area contributed by atoms with E-state index in [-0.39, 0.29) is 6.61 Å². The number of morpholine rings is 1. The summed E-state index contributed by atoms with van der Waals surface area (Å²) in [5.41, 5.74) is 2.83. The van der Waals surface area contributed by atoms with Gasteiger partial charge in [0.25, 0.3) is 0 Å². The van der Waals surface area contributed by atoms with Gasteiger partial charge in [-0.1, -0.05) is 13.8 Å². The maximum absolute atomic E-state index is 9.19. The molecule has 6 rings (SSSR count). The number of anilines is 4. The number of nitrogens with one attached hydrogen (secondary N) is 1. The zero-order valence-corrected chi connectivity index (χ0v) is 24.2. The average Bonchev–Trinajstić information content (AvgIpc) is 3.43. The van der Waals surface area contributed by atoms with E-state index >= 15 is 0 Å². The van der Waals surface area contributed by atoms with Crippen molar-refractivity contribution in [2.24, 2.45) is 0 Å². The minimum Gasteiger partial charge on any atom is -0.395 e. The summed E-state index contributed by atoms with van der Waals surface area (Å²) in [6, 6.07) is 7.99. The standard InChI is InChI=1S/C26H31N9O2S.C2H6/c1-18-14-23(32-26(29-18)35-6-4-33(5-7-35)8-11-36)31-22-16-20-21(17-28-22)38-25(30-20)19-2-3-27-24(15-19)34-9-12-37-13-10-34;1-2/h2-3,14-17,36H,4-13H2,1H3,(H,28,29,31,32);1-2H3. The predicted molar refractivity (Wildman–Crippen MR) is 161 cm³/mol. The van der Waals surface area contributed by atoms with Gasteiger partial charge in [-0.3, -0.25) is 4.90 Å². The summed E-state index contributed by atoms with van der Waals surface area (Å²) in [6.07, 6.45) is 3.71. The summed E-state index contributed by atoms with van der Waals surface area (Å²) in [4.78, 5) is 30.2. The van der Waals surface area contributed by atoms with Crippen LogP contribution in [0.2, 0.25) is 0 Å². The number of fused-ring (bicyclic) bond motifs is 1. The van der Waals surface area contributed by atoms with Crippen LogP contribution in [0, 0.1) is 6.92 Å². The number of nitrogens with zero attached hydrogens (tertiary/aromatic N) is 8. The van der Waals surface area contributed by atoms with Crippen LogP contribution in [-0.4, -0.2) is 101 Å². The molecular weight excluding hydrogens is 526 g/mol. The van der Waals surface area contributed by atoms with Crippen molar-refractivity contribution in [3.63, 3.8) is 0 Å². The number of aliphatic hydroxyl groups excluding tert-OH is 1. The summed E-state index contributed by atoms with van der Waals surface area (Å²) in [5, 5.41) is 13.5. The molecule has 4 aromatic rings. The third kappa shape index (κ3) is 6.64. The normalized spacial score (nSPS) is 16.1. The average molecular weight is 564 g/mol. The number of aliphatic hydroxyl groups is 1. The van der Waals surface area contributed by atoms with E-state index in [1.54, 1.807) is 11.3 Å². The second kappa shape index (κ2) is 13.3. The molecular formula is C28H37N9O2S. The smallest absolute Gasteiger partial charge is 0.227 e. The number of pyridine rings is 2. The van der Waals surface area contributed by atoms with E-state index < -0.39 is 0 Å². The van der Waals surface area contributed by atoms with Crippen LogP contribution in [0.5, 0.6) is 0 Å². The molecule has 0 spiro atoms. The van der Waals surface area contributed by atoms with Crippen LogP contribution in [0.25, 0.3) is 20.8 Å². The molecule has 0 aromatic carbocycles. The molecule has 0 aliphatic carbocycles. The molecule has 2 saturated heterocycles. The second-order valence-corrected chi connectivity index (χ2v) is 10.5. The highest BCUT2D eigenvalue weighted by Gasteiger charge is 2.20. The first-order chi connectivity index (χ1) is 19.6. The number of β-amino-alcohol motifs (C(OH)–C–C–N with tert-alkyl or cyclic N) is 1. The summed E-state index contributed by atoms with van der Waals surface area (Å²) in [7, 11) is 0. The van der Waals surface area contributed by atoms with Crippen molar-refractivity contribution >= 4 is 45.0 Å². The van der Waals surface area contributed by atoms with Crippen molar-refractivity contribution in [1.82, 2.24) is 29.8 Å². The van der Waals surface area contributed by atoms with Gasteiger partial charge in [0, 0.05) is 81.6 Å². The van der Waals surface area contributed by atoms with Crippen LogP contribution in [0.1, 0.15) is 19.5 Å². The highest BCUT2D eigenvalue weighted by atomic mass is 32.1. The Kier molecular flexibility index (Phi) is 9.32. The van der Waals surface area contributed by atoms with E-state index in [9.17, 15) is 5.11 Å². The Labute approximate surface area is 238 Å². The number of aromatic nitrogens is 5. The lowest BCUT2D eigenvalue weighted by Crippen LogP contribution is -2.47. The van der Waals surface area contributed by atoms with Crippen molar-refractivity contribution in [1.29, 1.82) is 0 Å². The van der Waals surface area contributed by atoms with E-state index in [0.717, 1.165) is 84.8 Å². The maximum atomic E-state index is 9.19. The van der Waals surface area contributed by atoms with Gasteiger partial charge < -0.3 is 25.0 Å². The number of ether oxygens (including phenoxy) is 1. The van der Waals surface area contributed by atoms with Crippen molar-refractivity contribution < 1.29 is 9.84 Å². The van der Waals surface area contributed by atoms with E-state index in [4.69, 9.17) is 14.7 Å². The van der Waals surface area contributed by atoms with Gasteiger partial charge in [0.1, 0.15) is 22.5 Å². The number of hydrogen-bond donors (Lipinski definition) is 2. The van der Waals surface area contributed by atoms with Crippen LogP contribution in [0.4, 0.5) is 23.4 Å². The minimum atomic E-state index is 0.185. The predicted octanol–water partition coefficient (Wildman–Crippen LogP) is 3.57. The largest absolute Gasteiger partial charge is 0.395 e. The molecule has 212 valence electrons. The number of thiazole rings is 1. The Morgan fingerprint density at radius 3 is 2.50 bits per heavy atom. The van der Waals surface area contributed by atoms with E-state index in [2.05, 4.69) is 41.0 Å². The van der Waals surface area contributed by atoms with Crippen LogP contribution < -0.4 is 15.1 Å². The molecule has 12 heteroatoms. The Morgan fingerprint density at radius 2 is 1.73 bits per heavy atom. The molecule has 0 unspecified atom stereocenters. The zero-order valence-electron chi connectivity index (χ0n) is 23.4. The molecule has 40 heavy (non-hydrogen) atoms. The fourth-order valence-electron chi connectivity index (χ4n) is 4.75. The lowest BCUT2D eigenvalue weighted by atomic mass is 10.2. The number of aryl methyl sites for hydroxylation is 1. The van der Waals surface area contributed by atoms with Crippen molar-refractivity contribution in [3.8, 4) is 10.6 Å². The first-order valence-electron chi connectivity index (χ1n) is 13.9. The van der Waals surface area contributed by atoms with Crippen molar-refractivity contribution in [2.45, 2.75) is 20.8 Å². The fourth-order valence-corrected chi connectivity index (χ4v) is 5.66. The molecule has 2 aliphatic heterocycles. The quantitative estimate of drug-likeness (QED) is 0.344. The van der Waals surface area contributed by atoms with Crippen molar-refractivity contribution in [3.05, 3.63) is 42.4 Å². The van der Waals surface area contributed by atoms with Crippen LogP contribution in [-0.2, 0) is 4.74 Å². The number of rotatable bonds is 7. The summed E-state index contributed by atoms with van der Waals surface area (Å²) in [6.45, 7) is 13.4. The third-order valence-electron chi connectivity index (χ3n) is 6.77. The van der Waals surface area contributed by atoms with Gasteiger partial charge in [-0.2, -0.15) is 4.98 Å². The molecule has 0 saturated carbocycles. The zero-order chi connectivity index (χ0) is 27.9. The van der Waals surface area contributed by atoms with Gasteiger partial charge in [0.15, 0.2) is 0 Å². The first-order valence-corrected chi connectivity index (χ1v) is 14.7. The number of hydrogen-bond acceptors (Lipinski definition) is 12. The second-order valence-electron chi connectivity index (χ2n) is 9.43. The minimum absolute atomic E-state index is 0.185. The van der Waals surface area contributed by atoms with Gasteiger partial charge in [-0.05, 0) is 19.1 Å². The fraction of sp³-hybridized carbons (Fsp3) is 0.464. The Balaban J connectivity index is 0.00000158. The van der Waals surface area contributed by atoms with Crippen LogP contribution in [0.15, 0.2) is 36.7 Å². The van der Waals surface area contributed by atoms with E-state index in [1.807, 2.05) is 51.4 Å². The molecule has 2 N–H and O–H groups in total. The molecule has 0 radical (unpaired) electrons.